The van der Waals surface area contributed by atoms with Crippen molar-refractivity contribution in [2.75, 3.05) is 0 Å². The highest BCUT2D eigenvalue weighted by atomic mass is 14.3. The molecule has 0 nitrogen and oxygen atoms in total. The lowest BCUT2D eigenvalue weighted by molar-refractivity contribution is 0.339. The van der Waals surface area contributed by atoms with Gasteiger partial charge in [-0.2, -0.15) is 0 Å². The summed E-state index contributed by atoms with van der Waals surface area (Å²) in [6, 6.07) is 8.87. The highest BCUT2D eigenvalue weighted by Crippen LogP contribution is 2.34. The first kappa shape index (κ1) is 13.2. The van der Waals surface area contributed by atoms with Crippen LogP contribution in [0.25, 0.3) is 0 Å². The summed E-state index contributed by atoms with van der Waals surface area (Å²) in [5.41, 5.74) is 3.14. The second kappa shape index (κ2) is 4.63. The number of hydrogen-bond acceptors (Lipinski definition) is 0. The molecule has 0 saturated carbocycles. The third-order valence-corrected chi connectivity index (χ3v) is 2.88. The first-order valence-corrected chi connectivity index (χ1v) is 4.98. The van der Waals surface area contributed by atoms with Crippen LogP contribution in [-0.4, -0.2) is 0 Å². The third-order valence-electron chi connectivity index (χ3n) is 2.88. The van der Waals surface area contributed by atoms with Crippen molar-refractivity contribution in [3.63, 3.8) is 0 Å². The molecule has 1 aromatic rings. The largest absolute Gasteiger partial charge is 0.0776 e. The van der Waals surface area contributed by atoms with Crippen molar-refractivity contribution < 1.29 is 0 Å². The van der Waals surface area contributed by atoms with Crippen molar-refractivity contribution in [1.29, 1.82) is 0 Å². The third kappa shape index (κ3) is 3.17. The van der Waals surface area contributed by atoms with Crippen LogP contribution in [-0.2, 0) is 0 Å². The number of rotatable bonds is 1. The summed E-state index contributed by atoms with van der Waals surface area (Å²) in [6.07, 6.45) is 0. The Morgan fingerprint density at radius 1 is 1.00 bits per heavy atom. The van der Waals surface area contributed by atoms with E-state index in [4.69, 9.17) is 0 Å². The highest BCUT2D eigenvalue weighted by Gasteiger charge is 2.20. The van der Waals surface area contributed by atoms with Gasteiger partial charge in [-0.05, 0) is 23.8 Å². The predicted molar refractivity (Wildman–Crippen MR) is 65.8 cm³/mol. The van der Waals surface area contributed by atoms with Crippen molar-refractivity contribution in [1.82, 2.24) is 0 Å². The molecule has 0 spiro atoms. The van der Waals surface area contributed by atoms with Gasteiger partial charge in [-0.3, -0.25) is 0 Å². The molecule has 0 aliphatic heterocycles. The molecule has 1 aromatic carbocycles. The average molecular weight is 192 g/mol. The lowest BCUT2D eigenvalue weighted by Gasteiger charge is -2.27. The Labute approximate surface area is 89.4 Å². The van der Waals surface area contributed by atoms with Crippen LogP contribution in [0.4, 0.5) is 0 Å². The molecule has 0 N–H and O–H groups in total. The normalized spacial score (nSPS) is 13.2. The first-order chi connectivity index (χ1) is 5.91. The van der Waals surface area contributed by atoms with Crippen molar-refractivity contribution in [3.8, 4) is 0 Å². The lowest BCUT2D eigenvalue weighted by atomic mass is 9.78. The Balaban J connectivity index is 0.00000169. The van der Waals surface area contributed by atoms with Gasteiger partial charge < -0.3 is 0 Å². The molecule has 0 aliphatic carbocycles. The molecule has 0 bridgehead atoms. The molecular weight excluding hydrogens is 168 g/mol. The molecule has 1 unspecified atom stereocenters. The second-order valence-electron chi connectivity index (χ2n) is 5.00. The topological polar surface area (TPSA) is 0 Å². The van der Waals surface area contributed by atoms with Crippen molar-refractivity contribution in [2.45, 2.75) is 48.0 Å². The lowest BCUT2D eigenvalue weighted by Crippen LogP contribution is -2.15. The van der Waals surface area contributed by atoms with Gasteiger partial charge in [-0.15, -0.1) is 0 Å². The van der Waals surface area contributed by atoms with Crippen molar-refractivity contribution in [3.05, 3.63) is 35.4 Å². The molecule has 0 amide bonds. The van der Waals surface area contributed by atoms with Crippen LogP contribution >= 0.6 is 0 Å². The van der Waals surface area contributed by atoms with E-state index in [2.05, 4.69) is 58.9 Å². The van der Waals surface area contributed by atoms with Gasteiger partial charge in [0.1, 0.15) is 0 Å². The Morgan fingerprint density at radius 2 is 1.43 bits per heavy atom. The summed E-state index contributed by atoms with van der Waals surface area (Å²) in [4.78, 5) is 0. The molecule has 14 heavy (non-hydrogen) atoms. The maximum atomic E-state index is 2.30. The summed E-state index contributed by atoms with van der Waals surface area (Å²) in [7, 11) is 0. The fraction of sp³-hybridized carbons (Fsp3) is 0.571. The van der Waals surface area contributed by atoms with Gasteiger partial charge >= 0.3 is 0 Å². The van der Waals surface area contributed by atoms with Crippen molar-refractivity contribution in [2.24, 2.45) is 5.41 Å². The van der Waals surface area contributed by atoms with Gasteiger partial charge in [0.2, 0.25) is 0 Å². The fourth-order valence-corrected chi connectivity index (χ4v) is 1.36. The summed E-state index contributed by atoms with van der Waals surface area (Å²) in [6.45, 7) is 11.3. The van der Waals surface area contributed by atoms with Gasteiger partial charge in [0.05, 0.1) is 0 Å². The van der Waals surface area contributed by atoms with Crippen LogP contribution in [0, 0.1) is 12.3 Å². The summed E-state index contributed by atoms with van der Waals surface area (Å²) in [5, 5.41) is 0. The van der Waals surface area contributed by atoms with Crippen LogP contribution < -0.4 is 0 Å². The maximum Gasteiger partial charge on any atom is -0.0142 e. The maximum absolute atomic E-state index is 2.30. The molecule has 1 rings (SSSR count). The molecule has 0 radical (unpaired) electrons. The number of aryl methyl sites for hydroxylation is 1. The Bertz CT molecular complexity index is 261. The summed E-state index contributed by atoms with van der Waals surface area (Å²) >= 11 is 0. The summed E-state index contributed by atoms with van der Waals surface area (Å²) < 4.78 is 0. The minimum absolute atomic E-state index is 0. The van der Waals surface area contributed by atoms with E-state index in [1.807, 2.05) is 0 Å². The second-order valence-corrected chi connectivity index (χ2v) is 5.00. The Hall–Kier alpha value is -0.780. The number of hydrogen-bond donors (Lipinski definition) is 0. The molecule has 80 valence electrons. The van der Waals surface area contributed by atoms with Gasteiger partial charge in [0, 0.05) is 0 Å². The van der Waals surface area contributed by atoms with Crippen molar-refractivity contribution >= 4 is 0 Å². The van der Waals surface area contributed by atoms with E-state index in [0.29, 0.717) is 11.3 Å². The molecule has 0 saturated heterocycles. The minimum atomic E-state index is 0. The van der Waals surface area contributed by atoms with E-state index in [1.54, 1.807) is 0 Å². The van der Waals surface area contributed by atoms with Crippen LogP contribution in [0.3, 0.4) is 0 Å². The van der Waals surface area contributed by atoms with E-state index >= 15 is 0 Å². The summed E-state index contributed by atoms with van der Waals surface area (Å²) in [5.74, 6) is 0.619. The molecule has 0 aliphatic rings. The zero-order valence-electron chi connectivity index (χ0n) is 9.39. The molecule has 0 heterocycles. The van der Waals surface area contributed by atoms with Crippen LogP contribution in [0.2, 0.25) is 0 Å². The quantitative estimate of drug-likeness (QED) is 0.600. The van der Waals surface area contributed by atoms with Gasteiger partial charge in [-0.25, -0.2) is 0 Å². The standard InChI is InChI=1S/C13H20.CH4/c1-10-6-8-12(9-7-10)11(2)13(3,4)5;/h6-9,11H,1-5H3;1H4. The Morgan fingerprint density at radius 3 is 1.79 bits per heavy atom. The molecule has 0 aromatic heterocycles. The number of benzene rings is 1. The average Bonchev–Trinajstić information content (AvgIpc) is 2.03. The van der Waals surface area contributed by atoms with Gasteiger partial charge in [0.15, 0.2) is 0 Å². The SMILES string of the molecule is C.Cc1ccc(C(C)C(C)(C)C)cc1. The predicted octanol–water partition coefficient (Wildman–Crippen LogP) is 4.78. The smallest absolute Gasteiger partial charge is 0.0142 e. The zero-order chi connectivity index (χ0) is 10.1. The molecule has 0 fully saturated rings. The monoisotopic (exact) mass is 192 g/mol. The van der Waals surface area contributed by atoms with Crippen LogP contribution in [0.5, 0.6) is 0 Å². The van der Waals surface area contributed by atoms with E-state index in [-0.39, 0.29) is 7.43 Å². The minimum Gasteiger partial charge on any atom is -0.0776 e. The Kier molecular flexibility index (Phi) is 4.38. The molecule has 0 heteroatoms. The van der Waals surface area contributed by atoms with Gasteiger partial charge in [0.25, 0.3) is 0 Å². The van der Waals surface area contributed by atoms with E-state index in [9.17, 15) is 0 Å². The van der Waals surface area contributed by atoms with E-state index in [0.717, 1.165) is 0 Å². The first-order valence-electron chi connectivity index (χ1n) is 4.98. The highest BCUT2D eigenvalue weighted by molar-refractivity contribution is 5.25. The molecular formula is C14H24. The molecule has 1 atom stereocenters. The zero-order valence-corrected chi connectivity index (χ0v) is 9.39. The fourth-order valence-electron chi connectivity index (χ4n) is 1.36. The van der Waals surface area contributed by atoms with E-state index in [1.165, 1.54) is 11.1 Å². The van der Waals surface area contributed by atoms with E-state index < -0.39 is 0 Å². The van der Waals surface area contributed by atoms with Gasteiger partial charge in [-0.1, -0.05) is 65.0 Å². The van der Waals surface area contributed by atoms with Crippen LogP contribution in [0.15, 0.2) is 24.3 Å². The van der Waals surface area contributed by atoms with Crippen LogP contribution in [0.1, 0.15) is 52.2 Å².